The first kappa shape index (κ1) is 15.1. The fourth-order valence-corrected chi connectivity index (χ4v) is 3.75. The number of sulfone groups is 1. The molecule has 2 N–H and O–H groups in total. The van der Waals surface area contributed by atoms with Gasteiger partial charge in [0.05, 0.1) is 24.7 Å². The Morgan fingerprint density at radius 2 is 2.05 bits per heavy atom. The van der Waals surface area contributed by atoms with E-state index in [1.807, 2.05) is 6.92 Å². The molecular weight excluding hydrogens is 284 g/mol. The summed E-state index contributed by atoms with van der Waals surface area (Å²) >= 11 is 0. The minimum Gasteiger partial charge on any atom is -0.490 e. The maximum absolute atomic E-state index is 11.4. The van der Waals surface area contributed by atoms with Crippen molar-refractivity contribution < 1.29 is 28.1 Å². The molecule has 0 bridgehead atoms. The van der Waals surface area contributed by atoms with Gasteiger partial charge < -0.3 is 19.7 Å². The predicted molar refractivity (Wildman–Crippen MR) is 72.6 cm³/mol. The Kier molecular flexibility index (Phi) is 4.52. The summed E-state index contributed by atoms with van der Waals surface area (Å²) in [5.74, 6) is 0.304. The first-order valence-corrected chi connectivity index (χ1v) is 8.19. The van der Waals surface area contributed by atoms with Crippen molar-refractivity contribution in [2.75, 3.05) is 18.1 Å². The molecule has 1 heterocycles. The second-order valence-corrected chi connectivity index (χ2v) is 6.83. The van der Waals surface area contributed by atoms with Crippen LogP contribution in [0.3, 0.4) is 0 Å². The number of aliphatic hydroxyl groups is 2. The van der Waals surface area contributed by atoms with Gasteiger partial charge in [-0.15, -0.1) is 0 Å². The van der Waals surface area contributed by atoms with Crippen LogP contribution < -0.4 is 9.47 Å². The zero-order valence-corrected chi connectivity index (χ0v) is 12.0. The molecule has 112 valence electrons. The molecule has 0 saturated carbocycles. The van der Waals surface area contributed by atoms with E-state index in [-0.39, 0.29) is 18.1 Å². The Hall–Kier alpha value is -1.31. The van der Waals surface area contributed by atoms with Crippen LogP contribution in [0.25, 0.3) is 0 Å². The van der Waals surface area contributed by atoms with Crippen LogP contribution in [0.4, 0.5) is 0 Å². The fraction of sp³-hybridized carbons (Fsp3) is 0.538. The summed E-state index contributed by atoms with van der Waals surface area (Å²) in [5, 5.41) is 18.8. The smallest absolute Gasteiger partial charge is 0.161 e. The van der Waals surface area contributed by atoms with Crippen LogP contribution in [-0.4, -0.2) is 49.0 Å². The highest BCUT2D eigenvalue weighted by Gasteiger charge is 2.38. The van der Waals surface area contributed by atoms with E-state index in [4.69, 9.17) is 14.6 Å². The number of hydrogen-bond donors (Lipinski definition) is 2. The first-order chi connectivity index (χ1) is 9.45. The van der Waals surface area contributed by atoms with E-state index in [0.717, 1.165) is 0 Å². The van der Waals surface area contributed by atoms with E-state index in [9.17, 15) is 13.5 Å². The van der Waals surface area contributed by atoms with Gasteiger partial charge in [0.1, 0.15) is 12.2 Å². The largest absolute Gasteiger partial charge is 0.490 e. The molecule has 0 amide bonds. The third-order valence-corrected chi connectivity index (χ3v) is 4.73. The summed E-state index contributed by atoms with van der Waals surface area (Å²) < 4.78 is 33.9. The molecule has 2 rings (SSSR count). The Bertz CT molecular complexity index is 568. The van der Waals surface area contributed by atoms with Crippen LogP contribution in [0.2, 0.25) is 0 Å². The quantitative estimate of drug-likeness (QED) is 0.802. The van der Waals surface area contributed by atoms with Crippen LogP contribution in [0.1, 0.15) is 12.5 Å². The monoisotopic (exact) mass is 302 g/mol. The van der Waals surface area contributed by atoms with Gasteiger partial charge in [0, 0.05) is 0 Å². The van der Waals surface area contributed by atoms with E-state index in [1.54, 1.807) is 18.2 Å². The molecule has 0 aliphatic carbocycles. The van der Waals surface area contributed by atoms with Gasteiger partial charge in [0.2, 0.25) is 0 Å². The molecule has 1 aliphatic heterocycles. The standard InChI is InChI=1S/C13H18O6S/c1-2-18-12-5-9(6-14)3-4-11(12)19-13-8-20(16,17)7-10(13)15/h3-5,10,13-15H,2,6-8H2,1H3. The van der Waals surface area contributed by atoms with Crippen molar-refractivity contribution in [1.82, 2.24) is 0 Å². The molecule has 2 unspecified atom stereocenters. The fourth-order valence-electron chi connectivity index (χ4n) is 2.09. The number of ether oxygens (including phenoxy) is 2. The molecule has 0 spiro atoms. The third-order valence-electron chi connectivity index (χ3n) is 3.04. The van der Waals surface area contributed by atoms with Crippen molar-refractivity contribution in [3.8, 4) is 11.5 Å². The Balaban J connectivity index is 2.20. The molecule has 1 aromatic carbocycles. The maximum atomic E-state index is 11.4. The third kappa shape index (κ3) is 3.41. The summed E-state index contributed by atoms with van der Waals surface area (Å²) in [5.41, 5.74) is 0.667. The molecule has 1 fully saturated rings. The van der Waals surface area contributed by atoms with Gasteiger partial charge >= 0.3 is 0 Å². The molecular formula is C13H18O6S. The van der Waals surface area contributed by atoms with Crippen molar-refractivity contribution in [2.45, 2.75) is 25.7 Å². The molecule has 20 heavy (non-hydrogen) atoms. The van der Waals surface area contributed by atoms with Crippen LogP contribution in [-0.2, 0) is 16.4 Å². The van der Waals surface area contributed by atoms with Gasteiger partial charge in [0.25, 0.3) is 0 Å². The molecule has 6 nitrogen and oxygen atoms in total. The summed E-state index contributed by atoms with van der Waals surface area (Å²) in [6, 6.07) is 4.90. The SMILES string of the molecule is CCOc1cc(CO)ccc1OC1CS(=O)(=O)CC1O. The average Bonchev–Trinajstić information content (AvgIpc) is 2.64. The van der Waals surface area contributed by atoms with E-state index in [1.165, 1.54) is 0 Å². The second-order valence-electron chi connectivity index (χ2n) is 4.67. The summed E-state index contributed by atoms with van der Waals surface area (Å²) in [6.07, 6.45) is -1.83. The molecule has 1 aliphatic rings. The number of aliphatic hydroxyl groups excluding tert-OH is 2. The van der Waals surface area contributed by atoms with Crippen molar-refractivity contribution >= 4 is 9.84 Å². The summed E-state index contributed by atoms with van der Waals surface area (Å²) in [7, 11) is -3.26. The maximum Gasteiger partial charge on any atom is 0.161 e. The lowest BCUT2D eigenvalue weighted by Crippen LogP contribution is -2.29. The van der Waals surface area contributed by atoms with Gasteiger partial charge in [-0.2, -0.15) is 0 Å². The molecule has 7 heteroatoms. The van der Waals surface area contributed by atoms with E-state index >= 15 is 0 Å². The van der Waals surface area contributed by atoms with Gasteiger partial charge in [-0.3, -0.25) is 0 Å². The normalized spacial score (nSPS) is 24.6. The van der Waals surface area contributed by atoms with Crippen molar-refractivity contribution in [1.29, 1.82) is 0 Å². The van der Waals surface area contributed by atoms with E-state index in [0.29, 0.717) is 23.7 Å². The van der Waals surface area contributed by atoms with E-state index < -0.39 is 22.0 Å². The number of hydrogen-bond acceptors (Lipinski definition) is 6. The molecule has 0 aromatic heterocycles. The minimum absolute atomic E-state index is 0.124. The summed E-state index contributed by atoms with van der Waals surface area (Å²) in [6.45, 7) is 2.10. The van der Waals surface area contributed by atoms with Crippen molar-refractivity contribution in [2.24, 2.45) is 0 Å². The lowest BCUT2D eigenvalue weighted by Gasteiger charge is -2.18. The topological polar surface area (TPSA) is 93.1 Å². The minimum atomic E-state index is -3.26. The number of rotatable bonds is 5. The molecule has 0 radical (unpaired) electrons. The van der Waals surface area contributed by atoms with Crippen LogP contribution >= 0.6 is 0 Å². The van der Waals surface area contributed by atoms with Crippen LogP contribution in [0, 0.1) is 0 Å². The predicted octanol–water partition coefficient (Wildman–Crippen LogP) is 0.114. The van der Waals surface area contributed by atoms with Crippen LogP contribution in [0.5, 0.6) is 11.5 Å². The first-order valence-electron chi connectivity index (χ1n) is 6.37. The molecule has 1 saturated heterocycles. The Labute approximate surface area is 117 Å². The van der Waals surface area contributed by atoms with Crippen molar-refractivity contribution in [3.63, 3.8) is 0 Å². The number of benzene rings is 1. The molecule has 2 atom stereocenters. The lowest BCUT2D eigenvalue weighted by atomic mass is 10.2. The highest BCUT2D eigenvalue weighted by Crippen LogP contribution is 2.31. The highest BCUT2D eigenvalue weighted by molar-refractivity contribution is 7.91. The molecule has 1 aromatic rings. The highest BCUT2D eigenvalue weighted by atomic mass is 32.2. The Morgan fingerprint density at radius 3 is 2.60 bits per heavy atom. The van der Waals surface area contributed by atoms with E-state index in [2.05, 4.69) is 0 Å². The summed E-state index contributed by atoms with van der Waals surface area (Å²) in [4.78, 5) is 0. The average molecular weight is 302 g/mol. The van der Waals surface area contributed by atoms with Crippen molar-refractivity contribution in [3.05, 3.63) is 23.8 Å². The van der Waals surface area contributed by atoms with Gasteiger partial charge in [-0.05, 0) is 24.6 Å². The van der Waals surface area contributed by atoms with Gasteiger partial charge in [-0.25, -0.2) is 8.42 Å². The second kappa shape index (κ2) is 5.99. The lowest BCUT2D eigenvalue weighted by molar-refractivity contribution is 0.0713. The van der Waals surface area contributed by atoms with Gasteiger partial charge in [0.15, 0.2) is 21.3 Å². The zero-order chi connectivity index (χ0) is 14.8. The Morgan fingerprint density at radius 1 is 1.30 bits per heavy atom. The van der Waals surface area contributed by atoms with Crippen LogP contribution in [0.15, 0.2) is 18.2 Å². The zero-order valence-electron chi connectivity index (χ0n) is 11.2. The van der Waals surface area contributed by atoms with Gasteiger partial charge in [-0.1, -0.05) is 6.07 Å².